The monoisotopic (exact) mass is 343 g/mol. The van der Waals surface area contributed by atoms with Gasteiger partial charge in [0.1, 0.15) is 4.99 Å². The van der Waals surface area contributed by atoms with Crippen LogP contribution in [0.4, 0.5) is 5.69 Å². The minimum atomic E-state index is 0.345. The second-order valence-corrected chi connectivity index (χ2v) is 6.58. The Bertz CT molecular complexity index is 446. The molecule has 3 nitrogen and oxygen atoms in total. The summed E-state index contributed by atoms with van der Waals surface area (Å²) in [5.41, 5.74) is 7.68. The average Bonchev–Trinajstić information content (AvgIpc) is 2.26. The van der Waals surface area contributed by atoms with Gasteiger partial charge in [-0.3, -0.25) is 0 Å². The largest absolute Gasteiger partial charge is 0.389 e. The molecule has 0 aliphatic carbocycles. The van der Waals surface area contributed by atoms with Gasteiger partial charge in [-0.2, -0.15) is 0 Å². The van der Waals surface area contributed by atoms with Gasteiger partial charge in [0, 0.05) is 28.3 Å². The minimum absolute atomic E-state index is 0.345. The predicted molar refractivity (Wildman–Crippen MR) is 90.8 cm³/mol. The van der Waals surface area contributed by atoms with Gasteiger partial charge in [0.05, 0.1) is 0 Å². The van der Waals surface area contributed by atoms with Gasteiger partial charge in [-0.25, -0.2) is 0 Å². The molecule has 1 unspecified atom stereocenters. The first-order valence-electron chi connectivity index (χ1n) is 6.32. The predicted octanol–water partition coefficient (Wildman–Crippen LogP) is 3.08. The summed E-state index contributed by atoms with van der Waals surface area (Å²) < 4.78 is 0.928. The zero-order valence-corrected chi connectivity index (χ0v) is 14.3. The van der Waals surface area contributed by atoms with Crippen molar-refractivity contribution >= 4 is 38.8 Å². The number of nitrogens with two attached hydrogens (primary N) is 1. The first-order chi connectivity index (χ1) is 8.82. The quantitative estimate of drug-likeness (QED) is 0.779. The second kappa shape index (κ2) is 7.22. The summed E-state index contributed by atoms with van der Waals surface area (Å²) in [5.74, 6) is 0.514. The van der Waals surface area contributed by atoms with E-state index < -0.39 is 0 Å². The van der Waals surface area contributed by atoms with E-state index >= 15 is 0 Å². The molecule has 0 saturated heterocycles. The van der Waals surface area contributed by atoms with Gasteiger partial charge >= 0.3 is 0 Å². The molecule has 19 heavy (non-hydrogen) atoms. The van der Waals surface area contributed by atoms with Crippen LogP contribution in [0.3, 0.4) is 0 Å². The lowest BCUT2D eigenvalue weighted by Crippen LogP contribution is -2.37. The minimum Gasteiger partial charge on any atom is -0.389 e. The van der Waals surface area contributed by atoms with Crippen molar-refractivity contribution in [3.8, 4) is 0 Å². The van der Waals surface area contributed by atoms with Gasteiger partial charge in [-0.05, 0) is 48.1 Å². The molecule has 3 N–H and O–H groups in total. The third kappa shape index (κ3) is 4.75. The van der Waals surface area contributed by atoms with E-state index in [1.54, 1.807) is 0 Å². The molecule has 0 fully saturated rings. The van der Waals surface area contributed by atoms with Crippen LogP contribution < -0.4 is 11.1 Å². The summed E-state index contributed by atoms with van der Waals surface area (Å²) in [7, 11) is 4.15. The van der Waals surface area contributed by atoms with E-state index in [9.17, 15) is 0 Å². The summed E-state index contributed by atoms with van der Waals surface area (Å²) in [6.45, 7) is 5.38. The van der Waals surface area contributed by atoms with Crippen molar-refractivity contribution in [1.29, 1.82) is 0 Å². The van der Waals surface area contributed by atoms with E-state index in [0.29, 0.717) is 16.9 Å². The van der Waals surface area contributed by atoms with Crippen molar-refractivity contribution in [2.24, 2.45) is 11.7 Å². The Kier molecular flexibility index (Phi) is 6.23. The third-order valence-corrected chi connectivity index (χ3v) is 3.83. The lowest BCUT2D eigenvalue weighted by Gasteiger charge is -2.27. The Morgan fingerprint density at radius 1 is 1.42 bits per heavy atom. The van der Waals surface area contributed by atoms with Crippen molar-refractivity contribution in [2.75, 3.05) is 26.0 Å². The first kappa shape index (κ1) is 16.4. The van der Waals surface area contributed by atoms with Crippen molar-refractivity contribution in [1.82, 2.24) is 4.90 Å². The molecule has 0 saturated carbocycles. The molecule has 0 heterocycles. The second-order valence-electron chi connectivity index (χ2n) is 5.28. The summed E-state index contributed by atoms with van der Waals surface area (Å²) in [6.07, 6.45) is 0. The molecule has 1 aromatic carbocycles. The number of nitrogens with zero attached hydrogens (tertiary/aromatic N) is 1. The number of thiocarbonyl (C=S) groups is 1. The molecule has 1 atom stereocenters. The fourth-order valence-electron chi connectivity index (χ4n) is 1.91. The molecule has 1 aromatic rings. The highest BCUT2D eigenvalue weighted by atomic mass is 79.9. The Hall–Kier alpha value is -0.650. The average molecular weight is 344 g/mol. The fourth-order valence-corrected chi connectivity index (χ4v) is 2.84. The number of nitrogens with one attached hydrogen (secondary N) is 1. The maximum absolute atomic E-state index is 5.82. The molecule has 0 aliphatic rings. The normalized spacial score (nSPS) is 12.8. The SMILES string of the molecule is CC(C)C(CN(C)C)Nc1cccc(Br)c1C(N)=S. The zero-order chi connectivity index (χ0) is 14.6. The number of likely N-dealkylation sites (N-methyl/N-ethyl adjacent to an activating group) is 1. The van der Waals surface area contributed by atoms with Crippen molar-refractivity contribution in [2.45, 2.75) is 19.9 Å². The standard InChI is InChI=1S/C14H22BrN3S/c1-9(2)12(8-18(3)4)17-11-7-5-6-10(15)13(11)14(16)19/h5-7,9,12,17H,8H2,1-4H3,(H2,16,19). The maximum atomic E-state index is 5.82. The van der Waals surface area contributed by atoms with E-state index in [1.807, 2.05) is 18.2 Å². The first-order valence-corrected chi connectivity index (χ1v) is 7.52. The molecule has 1 rings (SSSR count). The molecule has 0 aliphatic heterocycles. The zero-order valence-electron chi connectivity index (χ0n) is 11.9. The highest BCUT2D eigenvalue weighted by Crippen LogP contribution is 2.26. The van der Waals surface area contributed by atoms with E-state index in [2.05, 4.69) is 54.1 Å². The molecule has 0 aromatic heterocycles. The van der Waals surface area contributed by atoms with Crippen LogP contribution in [0, 0.1) is 5.92 Å². The summed E-state index contributed by atoms with van der Waals surface area (Å²) >= 11 is 8.65. The molecule has 0 spiro atoms. The van der Waals surface area contributed by atoms with Crippen LogP contribution in [0.1, 0.15) is 19.4 Å². The fraction of sp³-hybridized carbons (Fsp3) is 0.500. The number of hydrogen-bond donors (Lipinski definition) is 2. The Balaban J connectivity index is 3.02. The lowest BCUT2D eigenvalue weighted by molar-refractivity contribution is 0.344. The lowest BCUT2D eigenvalue weighted by atomic mass is 10.0. The van der Waals surface area contributed by atoms with E-state index in [-0.39, 0.29) is 0 Å². The summed E-state index contributed by atoms with van der Waals surface area (Å²) in [5, 5.41) is 3.56. The van der Waals surface area contributed by atoms with E-state index in [0.717, 1.165) is 22.3 Å². The Morgan fingerprint density at radius 2 is 2.05 bits per heavy atom. The Labute approximate surface area is 129 Å². The van der Waals surface area contributed by atoms with Crippen LogP contribution in [0.15, 0.2) is 22.7 Å². The highest BCUT2D eigenvalue weighted by Gasteiger charge is 2.17. The van der Waals surface area contributed by atoms with Gasteiger partial charge in [0.15, 0.2) is 0 Å². The van der Waals surface area contributed by atoms with Crippen LogP contribution in [0.5, 0.6) is 0 Å². The third-order valence-electron chi connectivity index (χ3n) is 2.97. The van der Waals surface area contributed by atoms with Crippen molar-refractivity contribution < 1.29 is 0 Å². The van der Waals surface area contributed by atoms with Gasteiger partial charge in [-0.1, -0.05) is 32.1 Å². The van der Waals surface area contributed by atoms with Crippen LogP contribution in [0.2, 0.25) is 0 Å². The van der Waals surface area contributed by atoms with Crippen LogP contribution in [-0.2, 0) is 0 Å². The molecule has 106 valence electrons. The van der Waals surface area contributed by atoms with Gasteiger partial charge in [0.25, 0.3) is 0 Å². The number of rotatable bonds is 6. The topological polar surface area (TPSA) is 41.3 Å². The molecule has 5 heteroatoms. The number of anilines is 1. The molecule has 0 bridgehead atoms. The smallest absolute Gasteiger partial charge is 0.107 e. The van der Waals surface area contributed by atoms with Gasteiger partial charge < -0.3 is 16.0 Å². The number of benzene rings is 1. The molecule has 0 amide bonds. The van der Waals surface area contributed by atoms with Crippen molar-refractivity contribution in [3.05, 3.63) is 28.2 Å². The number of halogens is 1. The Morgan fingerprint density at radius 3 is 2.53 bits per heavy atom. The van der Waals surface area contributed by atoms with Gasteiger partial charge in [0.2, 0.25) is 0 Å². The van der Waals surface area contributed by atoms with Gasteiger partial charge in [-0.15, -0.1) is 0 Å². The van der Waals surface area contributed by atoms with E-state index in [4.69, 9.17) is 18.0 Å². The number of hydrogen-bond acceptors (Lipinski definition) is 3. The van der Waals surface area contributed by atoms with Crippen LogP contribution >= 0.6 is 28.1 Å². The summed E-state index contributed by atoms with van der Waals surface area (Å²) in [4.78, 5) is 2.58. The molecular formula is C14H22BrN3S. The van der Waals surface area contributed by atoms with Crippen LogP contribution in [-0.4, -0.2) is 36.6 Å². The van der Waals surface area contributed by atoms with Crippen LogP contribution in [0.25, 0.3) is 0 Å². The van der Waals surface area contributed by atoms with Crippen molar-refractivity contribution in [3.63, 3.8) is 0 Å². The van der Waals surface area contributed by atoms with E-state index in [1.165, 1.54) is 0 Å². The summed E-state index contributed by atoms with van der Waals surface area (Å²) in [6, 6.07) is 6.30. The molecule has 0 radical (unpaired) electrons. The highest BCUT2D eigenvalue weighted by molar-refractivity contribution is 9.10. The molecular weight excluding hydrogens is 322 g/mol. The maximum Gasteiger partial charge on any atom is 0.107 e.